The van der Waals surface area contributed by atoms with E-state index < -0.39 is 5.25 Å². The number of hydrogen-bond acceptors (Lipinski definition) is 5. The van der Waals surface area contributed by atoms with Crippen LogP contribution in [-0.2, 0) is 9.59 Å². The number of thioether (sulfide) groups is 1. The van der Waals surface area contributed by atoms with Crippen LogP contribution in [0.15, 0.2) is 59.1 Å². The smallest absolute Gasteiger partial charge is 0.242 e. The molecule has 0 bridgehead atoms. The number of para-hydroxylation sites is 1. The molecule has 6 nitrogen and oxygen atoms in total. The predicted octanol–water partition coefficient (Wildman–Crippen LogP) is 6.36. The van der Waals surface area contributed by atoms with E-state index in [0.29, 0.717) is 23.0 Å². The van der Waals surface area contributed by atoms with Gasteiger partial charge in [-0.25, -0.2) is 4.99 Å². The summed E-state index contributed by atoms with van der Waals surface area (Å²) in [5, 5.41) is 3.09. The summed E-state index contributed by atoms with van der Waals surface area (Å²) in [5.74, 6) is -0.260. The van der Waals surface area contributed by atoms with Crippen LogP contribution in [0.2, 0.25) is 0 Å². The number of aryl methyl sites for hydroxylation is 2. The van der Waals surface area contributed by atoms with Gasteiger partial charge in [-0.1, -0.05) is 41.6 Å². The zero-order valence-corrected chi connectivity index (χ0v) is 22.0. The van der Waals surface area contributed by atoms with Crippen LogP contribution < -0.4 is 5.32 Å². The molecule has 1 N–H and O–H groups in total. The molecule has 1 heterocycles. The SMILES string of the molecule is CC(=O)c1ccc(N=C2SC(CC(=O)Nc3c(C)cccc3C)C(=O)N2CCC2=CCCCC2)cc1. The number of nitrogens with one attached hydrogen (secondary N) is 1. The fourth-order valence-corrected chi connectivity index (χ4v) is 5.75. The Bertz CT molecular complexity index is 1200. The van der Waals surface area contributed by atoms with Crippen LogP contribution in [0.25, 0.3) is 0 Å². The minimum Gasteiger partial charge on any atom is -0.326 e. The van der Waals surface area contributed by atoms with Crippen LogP contribution >= 0.6 is 11.8 Å². The normalized spacial score (nSPS) is 18.9. The lowest BCUT2D eigenvalue weighted by Crippen LogP contribution is -2.34. The van der Waals surface area contributed by atoms with Gasteiger partial charge in [-0.2, -0.15) is 0 Å². The molecule has 2 aromatic rings. The van der Waals surface area contributed by atoms with Crippen molar-refractivity contribution in [1.29, 1.82) is 0 Å². The van der Waals surface area contributed by atoms with Crippen molar-refractivity contribution in [2.45, 2.75) is 64.5 Å². The molecule has 1 unspecified atom stereocenters. The second kappa shape index (κ2) is 11.7. The number of Topliss-reactive ketones (excluding diaryl/α,β-unsaturated/α-hetero) is 1. The molecule has 1 fully saturated rings. The third-order valence-corrected chi connectivity index (χ3v) is 7.85. The van der Waals surface area contributed by atoms with E-state index in [1.165, 1.54) is 37.1 Å². The van der Waals surface area contributed by atoms with E-state index >= 15 is 0 Å². The Hall–Kier alpha value is -3.19. The number of allylic oxidation sites excluding steroid dienone is 1. The van der Waals surface area contributed by atoms with Crippen molar-refractivity contribution in [3.63, 3.8) is 0 Å². The van der Waals surface area contributed by atoms with Crippen LogP contribution in [-0.4, -0.2) is 39.5 Å². The van der Waals surface area contributed by atoms with E-state index in [2.05, 4.69) is 11.4 Å². The highest BCUT2D eigenvalue weighted by atomic mass is 32.2. The molecule has 0 radical (unpaired) electrons. The Labute approximate surface area is 217 Å². The first kappa shape index (κ1) is 25.9. The highest BCUT2D eigenvalue weighted by Crippen LogP contribution is 2.33. The summed E-state index contributed by atoms with van der Waals surface area (Å²) >= 11 is 1.35. The van der Waals surface area contributed by atoms with Gasteiger partial charge in [-0.15, -0.1) is 0 Å². The Kier molecular flexibility index (Phi) is 8.41. The van der Waals surface area contributed by atoms with E-state index in [-0.39, 0.29) is 24.0 Å². The van der Waals surface area contributed by atoms with Gasteiger partial charge in [0, 0.05) is 24.2 Å². The monoisotopic (exact) mass is 503 g/mol. The van der Waals surface area contributed by atoms with Crippen molar-refractivity contribution in [3.8, 4) is 0 Å². The zero-order chi connectivity index (χ0) is 25.7. The van der Waals surface area contributed by atoms with E-state index in [9.17, 15) is 14.4 Å². The van der Waals surface area contributed by atoms with E-state index in [4.69, 9.17) is 4.99 Å². The van der Waals surface area contributed by atoms with Gasteiger partial charge in [0.05, 0.1) is 5.69 Å². The number of ketones is 1. The standard InChI is InChI=1S/C29H33N3O3S/c1-19-8-7-9-20(2)27(19)31-26(34)18-25-28(35)32(17-16-22-10-5-4-6-11-22)29(36-25)30-24-14-12-23(13-15-24)21(3)33/h7-10,12-15,25H,4-6,11,16-18H2,1-3H3,(H,31,34). The minimum atomic E-state index is -0.523. The van der Waals surface area contributed by atoms with Crippen molar-refractivity contribution in [1.82, 2.24) is 4.90 Å². The van der Waals surface area contributed by atoms with E-state index in [1.807, 2.05) is 32.0 Å². The molecule has 0 aromatic heterocycles. The number of hydrogen-bond donors (Lipinski definition) is 1. The number of nitrogens with zero attached hydrogens (tertiary/aromatic N) is 2. The summed E-state index contributed by atoms with van der Waals surface area (Å²) < 4.78 is 0. The van der Waals surface area contributed by atoms with Crippen LogP contribution in [0.5, 0.6) is 0 Å². The number of rotatable bonds is 8. The largest absolute Gasteiger partial charge is 0.326 e. The molecule has 7 heteroatoms. The molecule has 2 aliphatic rings. The predicted molar refractivity (Wildman–Crippen MR) is 147 cm³/mol. The molecule has 1 saturated heterocycles. The number of anilines is 1. The molecule has 0 saturated carbocycles. The molecular weight excluding hydrogens is 470 g/mol. The van der Waals surface area contributed by atoms with Gasteiger partial charge in [0.2, 0.25) is 11.8 Å². The van der Waals surface area contributed by atoms with Gasteiger partial charge >= 0.3 is 0 Å². The molecule has 2 aromatic carbocycles. The third-order valence-electron chi connectivity index (χ3n) is 6.68. The number of amides is 2. The lowest BCUT2D eigenvalue weighted by atomic mass is 9.97. The fourth-order valence-electron chi connectivity index (χ4n) is 4.57. The molecule has 36 heavy (non-hydrogen) atoms. The van der Waals surface area contributed by atoms with Gasteiger partial charge in [0.15, 0.2) is 11.0 Å². The second-order valence-electron chi connectivity index (χ2n) is 9.47. The molecule has 2 amide bonds. The van der Waals surface area contributed by atoms with Gasteiger partial charge in [-0.3, -0.25) is 19.3 Å². The van der Waals surface area contributed by atoms with Crippen molar-refractivity contribution in [2.75, 3.05) is 11.9 Å². The number of carbonyl (C=O) groups is 3. The molecule has 1 atom stereocenters. The van der Waals surface area contributed by atoms with Crippen molar-refractivity contribution in [3.05, 3.63) is 70.8 Å². The quantitative estimate of drug-likeness (QED) is 0.336. The van der Waals surface area contributed by atoms with Crippen LogP contribution in [0.1, 0.15) is 66.9 Å². The third kappa shape index (κ3) is 6.32. The van der Waals surface area contributed by atoms with Crippen molar-refractivity contribution >= 4 is 45.9 Å². The van der Waals surface area contributed by atoms with Gasteiger partial charge in [0.25, 0.3) is 0 Å². The first-order valence-corrected chi connectivity index (χ1v) is 13.4. The maximum Gasteiger partial charge on any atom is 0.242 e. The number of benzene rings is 2. The van der Waals surface area contributed by atoms with Crippen LogP contribution in [0.4, 0.5) is 11.4 Å². The molecule has 4 rings (SSSR count). The molecule has 1 aliphatic carbocycles. The molecular formula is C29H33N3O3S. The Morgan fingerprint density at radius 2 is 1.81 bits per heavy atom. The number of aliphatic imine (C=N–C) groups is 1. The number of carbonyl (C=O) groups excluding carboxylic acids is 3. The van der Waals surface area contributed by atoms with Crippen molar-refractivity contribution in [2.24, 2.45) is 4.99 Å². The maximum atomic E-state index is 13.4. The summed E-state index contributed by atoms with van der Waals surface area (Å²) in [6.07, 6.45) is 7.79. The topological polar surface area (TPSA) is 78.8 Å². The lowest BCUT2D eigenvalue weighted by molar-refractivity contribution is -0.128. The fraction of sp³-hybridized carbons (Fsp3) is 0.379. The molecule has 1 aliphatic heterocycles. The highest BCUT2D eigenvalue weighted by Gasteiger charge is 2.39. The average molecular weight is 504 g/mol. The van der Waals surface area contributed by atoms with E-state index in [0.717, 1.165) is 36.1 Å². The minimum absolute atomic E-state index is 0.00280. The first-order valence-electron chi connectivity index (χ1n) is 12.5. The summed E-state index contributed by atoms with van der Waals surface area (Å²) in [6, 6.07) is 13.0. The summed E-state index contributed by atoms with van der Waals surface area (Å²) in [5.41, 5.74) is 5.48. The highest BCUT2D eigenvalue weighted by molar-refractivity contribution is 8.15. The second-order valence-corrected chi connectivity index (χ2v) is 10.6. The number of amidine groups is 1. The Balaban J connectivity index is 1.51. The Morgan fingerprint density at radius 1 is 1.08 bits per heavy atom. The Morgan fingerprint density at radius 3 is 2.44 bits per heavy atom. The summed E-state index contributed by atoms with van der Waals surface area (Å²) in [7, 11) is 0. The maximum absolute atomic E-state index is 13.4. The van der Waals surface area contributed by atoms with Gasteiger partial charge in [0.1, 0.15) is 5.25 Å². The average Bonchev–Trinajstić information content (AvgIpc) is 3.14. The zero-order valence-electron chi connectivity index (χ0n) is 21.2. The summed E-state index contributed by atoms with van der Waals surface area (Å²) in [4.78, 5) is 44.4. The first-order chi connectivity index (χ1) is 17.3. The van der Waals surface area contributed by atoms with Gasteiger partial charge in [-0.05, 0) is 88.3 Å². The molecule has 188 valence electrons. The summed E-state index contributed by atoms with van der Waals surface area (Å²) in [6.45, 7) is 6.00. The molecule has 0 spiro atoms. The van der Waals surface area contributed by atoms with E-state index in [1.54, 1.807) is 29.2 Å². The van der Waals surface area contributed by atoms with Crippen molar-refractivity contribution < 1.29 is 14.4 Å². The van der Waals surface area contributed by atoms with Crippen LogP contribution in [0, 0.1) is 13.8 Å². The van der Waals surface area contributed by atoms with Gasteiger partial charge < -0.3 is 5.32 Å². The lowest BCUT2D eigenvalue weighted by Gasteiger charge is -2.19. The van der Waals surface area contributed by atoms with Crippen LogP contribution in [0.3, 0.4) is 0 Å².